The summed E-state index contributed by atoms with van der Waals surface area (Å²) >= 11 is 0. The van der Waals surface area contributed by atoms with Gasteiger partial charge in [0.25, 0.3) is 15.9 Å². The van der Waals surface area contributed by atoms with Crippen molar-refractivity contribution in [3.8, 4) is 0 Å². The van der Waals surface area contributed by atoms with Crippen LogP contribution in [0.25, 0.3) is 0 Å². The number of amides is 3. The van der Waals surface area contributed by atoms with Crippen LogP contribution in [0, 0.1) is 6.92 Å². The van der Waals surface area contributed by atoms with Crippen LogP contribution >= 0.6 is 0 Å². The average molecular weight is 458 g/mol. The molecule has 32 heavy (non-hydrogen) atoms. The molecule has 0 aliphatic carbocycles. The summed E-state index contributed by atoms with van der Waals surface area (Å²) in [5.41, 5.74) is 1.97. The van der Waals surface area contributed by atoms with Crippen LogP contribution in [0.2, 0.25) is 0 Å². The highest BCUT2D eigenvalue weighted by Gasteiger charge is 2.41. The van der Waals surface area contributed by atoms with Crippen molar-refractivity contribution in [3.63, 3.8) is 0 Å². The van der Waals surface area contributed by atoms with Gasteiger partial charge in [-0.25, -0.2) is 12.7 Å². The van der Waals surface area contributed by atoms with Crippen molar-refractivity contribution in [2.24, 2.45) is 0 Å². The van der Waals surface area contributed by atoms with E-state index in [-0.39, 0.29) is 35.9 Å². The first kappa shape index (κ1) is 23.5. The molecular weight excluding hydrogens is 430 g/mol. The van der Waals surface area contributed by atoms with Crippen LogP contribution in [0.4, 0.5) is 0 Å². The summed E-state index contributed by atoms with van der Waals surface area (Å²) in [5.74, 6) is -1.34. The monoisotopic (exact) mass is 457 g/mol. The predicted octanol–water partition coefficient (Wildman–Crippen LogP) is 2.08. The largest absolute Gasteiger partial charge is 0.357 e. The van der Waals surface area contributed by atoms with Gasteiger partial charge in [0.05, 0.1) is 5.56 Å². The number of nitrogens with one attached hydrogen (secondary N) is 1. The molecule has 0 spiro atoms. The maximum absolute atomic E-state index is 13.2. The Morgan fingerprint density at radius 3 is 2.38 bits per heavy atom. The maximum atomic E-state index is 13.2. The van der Waals surface area contributed by atoms with Gasteiger partial charge in [-0.05, 0) is 36.6 Å². The minimum Gasteiger partial charge on any atom is -0.357 e. The summed E-state index contributed by atoms with van der Waals surface area (Å²) in [4.78, 5) is 39.7. The number of sulfonamides is 1. The molecular formula is C23H27N3O5S. The van der Waals surface area contributed by atoms with Gasteiger partial charge in [0.2, 0.25) is 11.8 Å². The van der Waals surface area contributed by atoms with Gasteiger partial charge < -0.3 is 10.2 Å². The van der Waals surface area contributed by atoms with E-state index >= 15 is 0 Å². The Kier molecular flexibility index (Phi) is 6.98. The Hall–Kier alpha value is -3.20. The molecule has 0 aromatic heterocycles. The van der Waals surface area contributed by atoms with Gasteiger partial charge in [-0.3, -0.25) is 14.4 Å². The quantitative estimate of drug-likeness (QED) is 0.654. The highest BCUT2D eigenvalue weighted by atomic mass is 32.2. The van der Waals surface area contributed by atoms with E-state index in [9.17, 15) is 22.8 Å². The fourth-order valence-electron chi connectivity index (χ4n) is 3.85. The van der Waals surface area contributed by atoms with Crippen LogP contribution in [0.3, 0.4) is 0 Å². The van der Waals surface area contributed by atoms with Crippen molar-refractivity contribution in [3.05, 3.63) is 65.2 Å². The van der Waals surface area contributed by atoms with Gasteiger partial charge in [0.15, 0.2) is 0 Å². The number of carbonyl (C=O) groups excluding carboxylic acids is 3. The molecule has 0 saturated carbocycles. The Labute approximate surface area is 188 Å². The Morgan fingerprint density at radius 2 is 1.75 bits per heavy atom. The van der Waals surface area contributed by atoms with Crippen molar-refractivity contribution in [2.75, 3.05) is 13.6 Å². The van der Waals surface area contributed by atoms with Gasteiger partial charge in [-0.15, -0.1) is 0 Å². The molecule has 2 aromatic carbocycles. The first-order valence-electron chi connectivity index (χ1n) is 10.4. The van der Waals surface area contributed by atoms with E-state index in [4.69, 9.17) is 0 Å². The standard InChI is InChI=1S/C23H27N3O5S/c1-4-19(22(28)24-3)25(15-17-10-6-5-9-16(17)2)21(27)13-14-26-23(29)18-11-7-8-12-20(18)32(26,30)31/h5-12,19H,4,13-15H2,1-3H3,(H,24,28). The molecule has 1 N–H and O–H groups in total. The molecule has 0 bridgehead atoms. The summed E-state index contributed by atoms with van der Waals surface area (Å²) in [5, 5.41) is 2.59. The number of hydrogen-bond donors (Lipinski definition) is 1. The SMILES string of the molecule is CCC(C(=O)NC)N(Cc1ccccc1C)C(=O)CCN1C(=O)c2ccccc2S1(=O)=O. The van der Waals surface area contributed by atoms with Gasteiger partial charge in [0, 0.05) is 26.6 Å². The fraction of sp³-hybridized carbons (Fsp3) is 0.348. The summed E-state index contributed by atoms with van der Waals surface area (Å²) in [6.07, 6.45) is 0.169. The molecule has 170 valence electrons. The highest BCUT2D eigenvalue weighted by Crippen LogP contribution is 2.30. The lowest BCUT2D eigenvalue weighted by Gasteiger charge is -2.31. The zero-order valence-corrected chi connectivity index (χ0v) is 19.2. The van der Waals surface area contributed by atoms with Crippen molar-refractivity contribution < 1.29 is 22.8 Å². The van der Waals surface area contributed by atoms with Crippen molar-refractivity contribution in [2.45, 2.75) is 44.2 Å². The minimum atomic E-state index is -4.00. The van der Waals surface area contributed by atoms with Crippen molar-refractivity contribution in [1.82, 2.24) is 14.5 Å². The second-order valence-corrected chi connectivity index (χ2v) is 9.45. The van der Waals surface area contributed by atoms with Crippen molar-refractivity contribution in [1.29, 1.82) is 0 Å². The molecule has 1 atom stereocenters. The number of aryl methyl sites for hydroxylation is 1. The van der Waals surface area contributed by atoms with E-state index in [0.717, 1.165) is 15.4 Å². The van der Waals surface area contributed by atoms with Crippen LogP contribution in [0.5, 0.6) is 0 Å². The average Bonchev–Trinajstić information content (AvgIpc) is 2.98. The molecule has 0 fully saturated rings. The number of nitrogens with zero attached hydrogens (tertiary/aromatic N) is 2. The molecule has 3 rings (SSSR count). The highest BCUT2D eigenvalue weighted by molar-refractivity contribution is 7.90. The topological polar surface area (TPSA) is 104 Å². The van der Waals surface area contributed by atoms with Crippen LogP contribution < -0.4 is 5.32 Å². The molecule has 9 heteroatoms. The first-order chi connectivity index (χ1) is 15.2. The second-order valence-electron chi connectivity index (χ2n) is 7.61. The molecule has 8 nitrogen and oxygen atoms in total. The molecule has 2 aromatic rings. The maximum Gasteiger partial charge on any atom is 0.269 e. The minimum absolute atomic E-state index is 0.0500. The normalized spacial score (nSPS) is 15.2. The summed E-state index contributed by atoms with van der Waals surface area (Å²) < 4.78 is 26.3. The van der Waals surface area contributed by atoms with Crippen LogP contribution in [0.1, 0.15) is 41.3 Å². The predicted molar refractivity (Wildman–Crippen MR) is 119 cm³/mol. The van der Waals surface area contributed by atoms with E-state index in [1.807, 2.05) is 38.1 Å². The number of benzene rings is 2. The summed E-state index contributed by atoms with van der Waals surface area (Å²) in [7, 11) is -2.49. The molecule has 1 unspecified atom stereocenters. The number of carbonyl (C=O) groups is 3. The zero-order chi connectivity index (χ0) is 23.5. The van der Waals surface area contributed by atoms with Crippen LogP contribution in [0.15, 0.2) is 53.4 Å². The summed E-state index contributed by atoms with van der Waals surface area (Å²) in [6, 6.07) is 12.8. The third-order valence-corrected chi connectivity index (χ3v) is 7.52. The molecule has 0 radical (unpaired) electrons. The van der Waals surface area contributed by atoms with Crippen molar-refractivity contribution >= 4 is 27.7 Å². The Balaban J connectivity index is 1.83. The Morgan fingerprint density at radius 1 is 1.09 bits per heavy atom. The summed E-state index contributed by atoms with van der Waals surface area (Å²) in [6.45, 7) is 3.65. The fourth-order valence-corrected chi connectivity index (χ4v) is 5.42. The van der Waals surface area contributed by atoms with Gasteiger partial charge >= 0.3 is 0 Å². The van der Waals surface area contributed by atoms with Gasteiger partial charge in [0.1, 0.15) is 10.9 Å². The van der Waals surface area contributed by atoms with Crippen LogP contribution in [-0.4, -0.2) is 55.0 Å². The van der Waals surface area contributed by atoms with E-state index in [1.165, 1.54) is 24.1 Å². The van der Waals surface area contributed by atoms with Crippen LogP contribution in [-0.2, 0) is 26.2 Å². The van der Waals surface area contributed by atoms with E-state index in [2.05, 4.69) is 5.32 Å². The second kappa shape index (κ2) is 9.52. The van der Waals surface area contributed by atoms with E-state index < -0.39 is 27.9 Å². The van der Waals surface area contributed by atoms with Gasteiger partial charge in [-0.1, -0.05) is 43.3 Å². The lowest BCUT2D eigenvalue weighted by molar-refractivity contribution is -0.141. The number of hydrogen-bond acceptors (Lipinski definition) is 5. The lowest BCUT2D eigenvalue weighted by Crippen LogP contribution is -2.49. The van der Waals surface area contributed by atoms with E-state index in [1.54, 1.807) is 12.1 Å². The van der Waals surface area contributed by atoms with Gasteiger partial charge in [-0.2, -0.15) is 0 Å². The molecule has 1 aliphatic heterocycles. The number of likely N-dealkylation sites (N-methyl/N-ethyl adjacent to an activating group) is 1. The Bertz CT molecular complexity index is 1150. The zero-order valence-electron chi connectivity index (χ0n) is 18.4. The molecule has 0 saturated heterocycles. The smallest absolute Gasteiger partial charge is 0.269 e. The third kappa shape index (κ3) is 4.38. The number of rotatable bonds is 8. The lowest BCUT2D eigenvalue weighted by atomic mass is 10.1. The molecule has 3 amide bonds. The molecule has 1 heterocycles. The molecule has 1 aliphatic rings. The first-order valence-corrected chi connectivity index (χ1v) is 11.9. The number of fused-ring (bicyclic) bond motifs is 1. The third-order valence-electron chi connectivity index (χ3n) is 5.68. The van der Waals surface area contributed by atoms with E-state index in [0.29, 0.717) is 6.42 Å².